The van der Waals surface area contributed by atoms with E-state index in [0.29, 0.717) is 5.69 Å². The molecule has 4 heteroatoms. The molecule has 0 saturated carbocycles. The van der Waals surface area contributed by atoms with Gasteiger partial charge in [-0.05, 0) is 36.4 Å². The Morgan fingerprint density at radius 2 is 1.04 bits per heavy atom. The van der Waals surface area contributed by atoms with E-state index in [1.54, 1.807) is 24.3 Å². The first-order valence-corrected chi connectivity index (χ1v) is 10.7. The molecule has 4 aromatic rings. The van der Waals surface area contributed by atoms with Gasteiger partial charge in [-0.3, -0.25) is 4.74 Å². The van der Waals surface area contributed by atoms with Crippen molar-refractivity contribution in [1.82, 2.24) is 0 Å². The number of hydrogen-bond donors (Lipinski definition) is 0. The Hall–Kier alpha value is -3.03. The molecule has 4 rings (SSSR count). The van der Waals surface area contributed by atoms with Crippen LogP contribution in [0.1, 0.15) is 0 Å². The molecule has 0 radical (unpaired) electrons. The summed E-state index contributed by atoms with van der Waals surface area (Å²) in [5.74, 6) is -0.615. The largest absolute Gasteiger partial charge is 0.254 e. The molecule has 0 unspecified atom stereocenters. The molecule has 4 aromatic carbocycles. The minimum absolute atomic E-state index is 0.303. The van der Waals surface area contributed by atoms with Crippen LogP contribution in [0.25, 0.3) is 0 Å². The molecule has 0 bridgehead atoms. The molecular formula is C24H18F2NP. The van der Waals surface area contributed by atoms with Gasteiger partial charge in [-0.1, -0.05) is 72.8 Å². The number of halogens is 2. The monoisotopic (exact) mass is 389 g/mol. The second kappa shape index (κ2) is 7.92. The van der Waals surface area contributed by atoms with Crippen molar-refractivity contribution in [2.75, 3.05) is 0 Å². The Kier molecular flexibility index (Phi) is 5.18. The molecule has 0 aliphatic carbocycles. The van der Waals surface area contributed by atoms with Crippen LogP contribution >= 0.6 is 7.05 Å². The van der Waals surface area contributed by atoms with Gasteiger partial charge in [0.05, 0.1) is 12.7 Å². The van der Waals surface area contributed by atoms with E-state index in [0.717, 1.165) is 15.9 Å². The summed E-state index contributed by atoms with van der Waals surface area (Å²) in [5.41, 5.74) is 0.659. The van der Waals surface area contributed by atoms with Gasteiger partial charge in [0.25, 0.3) is 0 Å². The van der Waals surface area contributed by atoms with E-state index >= 15 is 0 Å². The molecule has 0 N–H and O–H groups in total. The van der Waals surface area contributed by atoms with Crippen molar-refractivity contribution in [3.05, 3.63) is 121 Å². The third kappa shape index (κ3) is 3.54. The second-order valence-corrected chi connectivity index (χ2v) is 9.38. The number of nitrogens with zero attached hydrogens (tertiary/aromatic N) is 1. The zero-order chi connectivity index (χ0) is 19.4. The molecule has 0 aromatic heterocycles. The summed E-state index contributed by atoms with van der Waals surface area (Å²) >= 11 is 0. The van der Waals surface area contributed by atoms with Crippen molar-refractivity contribution in [2.45, 2.75) is 0 Å². The van der Waals surface area contributed by atoms with Crippen LogP contribution in [0.5, 0.6) is 0 Å². The van der Waals surface area contributed by atoms with Crippen LogP contribution in [0, 0.1) is 11.6 Å². The lowest BCUT2D eigenvalue weighted by molar-refractivity contribution is 0.628. The molecule has 0 heterocycles. The van der Waals surface area contributed by atoms with Crippen molar-refractivity contribution >= 4 is 28.7 Å². The van der Waals surface area contributed by atoms with E-state index in [1.807, 2.05) is 66.7 Å². The molecule has 28 heavy (non-hydrogen) atoms. The van der Waals surface area contributed by atoms with Gasteiger partial charge in [0, 0.05) is 15.9 Å². The fourth-order valence-electron chi connectivity index (χ4n) is 3.27. The third-order valence-electron chi connectivity index (χ3n) is 4.53. The van der Waals surface area contributed by atoms with Crippen molar-refractivity contribution < 1.29 is 8.78 Å². The van der Waals surface area contributed by atoms with Gasteiger partial charge in [-0.2, -0.15) is 0 Å². The summed E-state index contributed by atoms with van der Waals surface area (Å²) in [7, 11) is -2.55. The topological polar surface area (TPSA) is 12.4 Å². The number of benzene rings is 4. The highest BCUT2D eigenvalue weighted by molar-refractivity contribution is 7.87. The van der Waals surface area contributed by atoms with Crippen LogP contribution < -0.4 is 15.9 Å². The van der Waals surface area contributed by atoms with Crippen molar-refractivity contribution in [1.29, 1.82) is 0 Å². The van der Waals surface area contributed by atoms with E-state index in [1.165, 1.54) is 18.2 Å². The quantitative estimate of drug-likeness (QED) is 0.393. The van der Waals surface area contributed by atoms with Gasteiger partial charge >= 0.3 is 0 Å². The molecule has 0 spiro atoms. The van der Waals surface area contributed by atoms with Crippen LogP contribution in [0.15, 0.2) is 114 Å². The lowest BCUT2D eigenvalue weighted by Gasteiger charge is -2.27. The van der Waals surface area contributed by atoms with Crippen LogP contribution in [-0.4, -0.2) is 0 Å². The maximum absolute atomic E-state index is 14.2. The van der Waals surface area contributed by atoms with E-state index < -0.39 is 7.05 Å². The lowest BCUT2D eigenvalue weighted by Crippen LogP contribution is -2.25. The first-order chi connectivity index (χ1) is 13.7. The van der Waals surface area contributed by atoms with E-state index in [4.69, 9.17) is 4.74 Å². The Balaban J connectivity index is 2.13. The fourth-order valence-corrected chi connectivity index (χ4v) is 6.81. The van der Waals surface area contributed by atoms with Gasteiger partial charge in [-0.25, -0.2) is 8.78 Å². The van der Waals surface area contributed by atoms with E-state index in [-0.39, 0.29) is 11.6 Å². The smallest absolute Gasteiger partial charge is 0.123 e. The fraction of sp³-hybridized carbons (Fsp3) is 0. The predicted molar refractivity (Wildman–Crippen MR) is 114 cm³/mol. The summed E-state index contributed by atoms with van der Waals surface area (Å²) in [6, 6.07) is 32.6. The van der Waals surface area contributed by atoms with Crippen molar-refractivity contribution in [3.63, 3.8) is 0 Å². The average molecular weight is 389 g/mol. The summed E-state index contributed by atoms with van der Waals surface area (Å²) in [6.07, 6.45) is 0. The van der Waals surface area contributed by atoms with Gasteiger partial charge < -0.3 is 0 Å². The minimum atomic E-state index is -2.55. The van der Waals surface area contributed by atoms with E-state index in [2.05, 4.69) is 0 Å². The predicted octanol–water partition coefficient (Wildman–Crippen LogP) is 5.77. The normalized spacial score (nSPS) is 11.2. The average Bonchev–Trinajstić information content (AvgIpc) is 2.75. The van der Waals surface area contributed by atoms with Gasteiger partial charge in [0.15, 0.2) is 0 Å². The molecule has 138 valence electrons. The highest BCUT2D eigenvalue weighted by atomic mass is 31.2. The van der Waals surface area contributed by atoms with Gasteiger partial charge in [-0.15, -0.1) is 0 Å². The maximum Gasteiger partial charge on any atom is 0.123 e. The Morgan fingerprint density at radius 3 is 1.57 bits per heavy atom. The standard InChI is InChI=1S/C24H18F2NP/c25-19-14-16-21(17-15-19)27-28(22-9-3-1-4-10-22,23-11-5-2-6-12-23)24-13-7-8-20(26)18-24/h1-18H. The summed E-state index contributed by atoms with van der Waals surface area (Å²) in [4.78, 5) is 0. The molecule has 0 amide bonds. The zero-order valence-corrected chi connectivity index (χ0v) is 15.9. The van der Waals surface area contributed by atoms with Gasteiger partial charge in [0.2, 0.25) is 0 Å². The molecule has 0 aliphatic rings. The number of rotatable bonds is 4. The van der Waals surface area contributed by atoms with Crippen LogP contribution in [0.3, 0.4) is 0 Å². The van der Waals surface area contributed by atoms with Crippen molar-refractivity contribution in [2.24, 2.45) is 4.74 Å². The highest BCUT2D eigenvalue weighted by Gasteiger charge is 2.27. The SMILES string of the molecule is Fc1ccc(N=P(c2ccccc2)(c2ccccc2)c2cccc(F)c2)cc1. The molecule has 0 aliphatic heterocycles. The van der Waals surface area contributed by atoms with Gasteiger partial charge in [0.1, 0.15) is 11.6 Å². The van der Waals surface area contributed by atoms with Crippen LogP contribution in [0.2, 0.25) is 0 Å². The first kappa shape index (κ1) is 18.3. The first-order valence-electron chi connectivity index (χ1n) is 8.94. The summed E-state index contributed by atoms with van der Waals surface area (Å²) in [6.45, 7) is 0. The summed E-state index contributed by atoms with van der Waals surface area (Å²) in [5, 5.41) is 2.83. The Labute approximate surface area is 163 Å². The third-order valence-corrected chi connectivity index (χ3v) is 8.18. The lowest BCUT2D eigenvalue weighted by atomic mass is 10.3. The molecular weight excluding hydrogens is 371 g/mol. The van der Waals surface area contributed by atoms with Crippen LogP contribution in [-0.2, 0) is 0 Å². The second-order valence-electron chi connectivity index (χ2n) is 6.36. The molecule has 0 fully saturated rings. The van der Waals surface area contributed by atoms with Crippen LogP contribution in [0.4, 0.5) is 14.5 Å². The number of hydrogen-bond acceptors (Lipinski definition) is 1. The molecule has 0 atom stereocenters. The Morgan fingerprint density at radius 1 is 0.500 bits per heavy atom. The highest BCUT2D eigenvalue weighted by Crippen LogP contribution is 2.49. The van der Waals surface area contributed by atoms with Crippen molar-refractivity contribution in [3.8, 4) is 0 Å². The zero-order valence-electron chi connectivity index (χ0n) is 15.0. The Bertz CT molecular complexity index is 1080. The molecule has 1 nitrogen and oxygen atoms in total. The minimum Gasteiger partial charge on any atom is -0.254 e. The van der Waals surface area contributed by atoms with E-state index in [9.17, 15) is 8.78 Å². The maximum atomic E-state index is 14.2. The molecule has 0 saturated heterocycles. The summed E-state index contributed by atoms with van der Waals surface area (Å²) < 4.78 is 32.9.